The zero-order valence-electron chi connectivity index (χ0n) is 11.3. The molecule has 1 aliphatic rings. The summed E-state index contributed by atoms with van der Waals surface area (Å²) in [5.74, 6) is 0.569. The molecule has 0 radical (unpaired) electrons. The number of halogens is 1. The van der Waals surface area contributed by atoms with Crippen LogP contribution in [0.1, 0.15) is 31.0 Å². The molecule has 0 N–H and O–H groups in total. The second-order valence-corrected chi connectivity index (χ2v) is 7.28. The van der Waals surface area contributed by atoms with Gasteiger partial charge in [-0.25, -0.2) is 12.7 Å². The zero-order valence-corrected chi connectivity index (χ0v) is 12.9. The molecule has 2 heterocycles. The number of unbranched alkanes of at least 4 members (excludes halogenated alkanes) is 1. The Morgan fingerprint density at radius 2 is 2.20 bits per heavy atom. The van der Waals surface area contributed by atoms with Crippen molar-refractivity contribution in [3.8, 4) is 0 Å². The Morgan fingerprint density at radius 3 is 2.85 bits per heavy atom. The van der Waals surface area contributed by atoms with Crippen molar-refractivity contribution in [2.75, 3.05) is 19.5 Å². The normalized spacial score (nSPS) is 22.2. The van der Waals surface area contributed by atoms with Crippen LogP contribution in [0.3, 0.4) is 0 Å². The molecule has 0 amide bonds. The Morgan fingerprint density at radius 1 is 1.45 bits per heavy atom. The molecule has 1 unspecified atom stereocenters. The number of hydrogen-bond donors (Lipinski definition) is 0. The minimum absolute atomic E-state index is 0.202. The number of alkyl halides is 1. The summed E-state index contributed by atoms with van der Waals surface area (Å²) in [7, 11) is -2.00. The summed E-state index contributed by atoms with van der Waals surface area (Å²) in [6, 6.07) is 0.946. The van der Waals surface area contributed by atoms with E-state index in [-0.39, 0.29) is 4.90 Å². The Hall–Kier alpha value is -0.920. The van der Waals surface area contributed by atoms with E-state index in [9.17, 15) is 13.3 Å². The largest absolute Gasteiger partial charge is 0.348 e. The molecular formula is C12H18ClN3O3S. The highest BCUT2D eigenvalue weighted by atomic mass is 35.5. The molecular weight excluding hydrogens is 302 g/mol. The molecule has 8 heteroatoms. The van der Waals surface area contributed by atoms with E-state index in [4.69, 9.17) is 11.6 Å². The van der Waals surface area contributed by atoms with Gasteiger partial charge < -0.3 is 4.57 Å². The lowest BCUT2D eigenvalue weighted by atomic mass is 10.1. The lowest BCUT2D eigenvalue weighted by Gasteiger charge is -2.12. The highest BCUT2D eigenvalue weighted by Crippen LogP contribution is 2.34. The molecule has 0 aliphatic carbocycles. The third-order valence-electron chi connectivity index (χ3n) is 3.60. The number of aromatic nitrogens is 1. The van der Waals surface area contributed by atoms with Gasteiger partial charge in [-0.3, -0.25) is 0 Å². The zero-order chi connectivity index (χ0) is 14.8. The molecule has 0 bridgehead atoms. The number of sulfonamides is 1. The molecule has 0 aromatic carbocycles. The van der Waals surface area contributed by atoms with E-state index in [0.29, 0.717) is 31.1 Å². The van der Waals surface area contributed by atoms with Crippen LogP contribution in [-0.2, 0) is 16.6 Å². The molecule has 1 aliphatic heterocycles. The van der Waals surface area contributed by atoms with Gasteiger partial charge in [0, 0.05) is 32.2 Å². The molecule has 1 aromatic rings. The molecule has 0 saturated carbocycles. The first kappa shape index (κ1) is 15.5. The van der Waals surface area contributed by atoms with Crippen molar-refractivity contribution in [1.82, 2.24) is 8.87 Å². The van der Waals surface area contributed by atoms with Crippen molar-refractivity contribution >= 4 is 21.6 Å². The number of nitroso groups, excluding NO2 is 1. The maximum absolute atomic E-state index is 12.4. The van der Waals surface area contributed by atoms with Crippen LogP contribution in [0, 0.1) is 4.91 Å². The molecule has 2 rings (SSSR count). The van der Waals surface area contributed by atoms with Crippen molar-refractivity contribution in [1.29, 1.82) is 0 Å². The highest BCUT2D eigenvalue weighted by molar-refractivity contribution is 7.89. The number of nitrogens with zero attached hydrogens (tertiary/aromatic N) is 3. The predicted octanol–water partition coefficient (Wildman–Crippen LogP) is 2.34. The summed E-state index contributed by atoms with van der Waals surface area (Å²) < 4.78 is 27.9. The third kappa shape index (κ3) is 2.75. The quantitative estimate of drug-likeness (QED) is 0.475. The second kappa shape index (κ2) is 6.24. The van der Waals surface area contributed by atoms with E-state index in [1.807, 2.05) is 4.57 Å². The molecule has 0 fully saturated rings. The topological polar surface area (TPSA) is 71.7 Å². The van der Waals surface area contributed by atoms with E-state index < -0.39 is 16.1 Å². The number of fused-ring (bicyclic) bond motifs is 1. The van der Waals surface area contributed by atoms with Crippen LogP contribution < -0.4 is 0 Å². The summed E-state index contributed by atoms with van der Waals surface area (Å²) in [6.45, 7) is 0.947. The van der Waals surface area contributed by atoms with E-state index in [1.165, 1.54) is 11.4 Å². The fourth-order valence-electron chi connectivity index (χ4n) is 2.44. The summed E-state index contributed by atoms with van der Waals surface area (Å²) in [5, 5.41) is 3.12. The van der Waals surface area contributed by atoms with E-state index in [0.717, 1.165) is 12.8 Å². The van der Waals surface area contributed by atoms with Gasteiger partial charge in [-0.05, 0) is 25.3 Å². The van der Waals surface area contributed by atoms with Crippen LogP contribution in [0.25, 0.3) is 0 Å². The molecule has 20 heavy (non-hydrogen) atoms. The molecule has 6 nitrogen and oxygen atoms in total. The van der Waals surface area contributed by atoms with Gasteiger partial charge >= 0.3 is 0 Å². The summed E-state index contributed by atoms with van der Waals surface area (Å²) in [6.07, 6.45) is 3.81. The van der Waals surface area contributed by atoms with Gasteiger partial charge in [0.1, 0.15) is 10.9 Å². The molecule has 112 valence electrons. The van der Waals surface area contributed by atoms with Crippen LogP contribution >= 0.6 is 11.6 Å². The SMILES string of the molecule is CN1CCC(N=O)c2c(ccn2CCCCCl)S1(=O)=O. The van der Waals surface area contributed by atoms with Crippen molar-refractivity contribution in [2.45, 2.75) is 36.7 Å². The minimum atomic E-state index is -3.52. The Labute approximate surface area is 123 Å². The average molecular weight is 320 g/mol. The van der Waals surface area contributed by atoms with Gasteiger partial charge in [0.2, 0.25) is 10.0 Å². The van der Waals surface area contributed by atoms with Crippen LogP contribution in [-0.4, -0.2) is 36.8 Å². The van der Waals surface area contributed by atoms with Gasteiger partial charge in [-0.2, -0.15) is 4.91 Å². The number of aryl methyl sites for hydroxylation is 1. The molecule has 0 saturated heterocycles. The standard InChI is InChI=1S/C12H18ClN3O3S/c1-15-8-4-10(14-17)12-11(20(15,18)19)5-9-16(12)7-3-2-6-13/h5,9-10H,2-4,6-8H2,1H3. The van der Waals surface area contributed by atoms with Crippen molar-refractivity contribution in [3.05, 3.63) is 22.9 Å². The van der Waals surface area contributed by atoms with Crippen LogP contribution in [0.5, 0.6) is 0 Å². The molecule has 1 aromatic heterocycles. The van der Waals surface area contributed by atoms with Crippen molar-refractivity contribution < 1.29 is 8.42 Å². The number of hydrogen-bond acceptors (Lipinski definition) is 4. The van der Waals surface area contributed by atoms with Gasteiger partial charge in [0.15, 0.2) is 0 Å². The smallest absolute Gasteiger partial charge is 0.244 e. The van der Waals surface area contributed by atoms with Crippen LogP contribution in [0.4, 0.5) is 0 Å². The fraction of sp³-hybridized carbons (Fsp3) is 0.667. The first-order valence-corrected chi connectivity index (χ1v) is 8.53. The average Bonchev–Trinajstić information content (AvgIpc) is 2.80. The van der Waals surface area contributed by atoms with Crippen LogP contribution in [0.15, 0.2) is 22.3 Å². The first-order valence-electron chi connectivity index (χ1n) is 6.56. The lowest BCUT2D eigenvalue weighted by molar-refractivity contribution is 0.450. The maximum atomic E-state index is 12.4. The fourth-order valence-corrected chi connectivity index (χ4v) is 4.06. The van der Waals surface area contributed by atoms with E-state index in [2.05, 4.69) is 5.18 Å². The second-order valence-electron chi connectivity index (χ2n) is 4.89. The summed E-state index contributed by atoms with van der Waals surface area (Å²) >= 11 is 5.65. The summed E-state index contributed by atoms with van der Waals surface area (Å²) in [4.78, 5) is 11.3. The first-order chi connectivity index (χ1) is 9.52. The Bertz CT molecular complexity index is 585. The minimum Gasteiger partial charge on any atom is -0.348 e. The Balaban J connectivity index is 2.43. The maximum Gasteiger partial charge on any atom is 0.244 e. The highest BCUT2D eigenvalue weighted by Gasteiger charge is 2.34. The summed E-state index contributed by atoms with van der Waals surface area (Å²) in [5.41, 5.74) is 0.513. The molecule has 0 spiro atoms. The third-order valence-corrected chi connectivity index (χ3v) is 5.77. The van der Waals surface area contributed by atoms with Crippen LogP contribution in [0.2, 0.25) is 0 Å². The van der Waals surface area contributed by atoms with Crippen molar-refractivity contribution in [3.63, 3.8) is 0 Å². The monoisotopic (exact) mass is 319 g/mol. The van der Waals surface area contributed by atoms with E-state index >= 15 is 0 Å². The van der Waals surface area contributed by atoms with Gasteiger partial charge in [0.25, 0.3) is 0 Å². The number of rotatable bonds is 5. The van der Waals surface area contributed by atoms with Gasteiger partial charge in [-0.15, -0.1) is 11.6 Å². The van der Waals surface area contributed by atoms with E-state index in [1.54, 1.807) is 12.3 Å². The van der Waals surface area contributed by atoms with Gasteiger partial charge in [0.05, 0.1) is 5.69 Å². The predicted molar refractivity (Wildman–Crippen MR) is 77.4 cm³/mol. The van der Waals surface area contributed by atoms with Gasteiger partial charge in [-0.1, -0.05) is 5.18 Å². The molecule has 1 atom stereocenters. The lowest BCUT2D eigenvalue weighted by Crippen LogP contribution is -2.26. The Kier molecular flexibility index (Phi) is 4.82. The van der Waals surface area contributed by atoms with Crippen molar-refractivity contribution in [2.24, 2.45) is 5.18 Å².